The highest BCUT2D eigenvalue weighted by molar-refractivity contribution is 5.93. The molecule has 0 saturated carbocycles. The van der Waals surface area contributed by atoms with Gasteiger partial charge >= 0.3 is 5.97 Å². The zero-order chi connectivity index (χ0) is 29.9. The van der Waals surface area contributed by atoms with Crippen molar-refractivity contribution in [3.05, 3.63) is 83.7 Å². The number of esters is 1. The highest BCUT2D eigenvalue weighted by atomic mass is 16.6. The average molecular weight is 568 g/mol. The second-order valence-corrected chi connectivity index (χ2v) is 10.3. The van der Waals surface area contributed by atoms with Crippen molar-refractivity contribution in [1.29, 1.82) is 0 Å². The van der Waals surface area contributed by atoms with Gasteiger partial charge in [-0.1, -0.05) is 50.1 Å². The smallest absolute Gasteiger partial charge is 0.313 e. The number of hydrogen-bond acceptors (Lipinski definition) is 8. The summed E-state index contributed by atoms with van der Waals surface area (Å²) < 4.78 is 22.7. The van der Waals surface area contributed by atoms with E-state index in [9.17, 15) is 4.79 Å². The van der Waals surface area contributed by atoms with Crippen molar-refractivity contribution >= 4 is 28.4 Å². The molecule has 0 aliphatic heterocycles. The highest BCUT2D eigenvalue weighted by Gasteiger charge is 2.18. The molecule has 1 N–H and O–H groups in total. The molecule has 0 amide bonds. The summed E-state index contributed by atoms with van der Waals surface area (Å²) in [5.74, 6) is 4.08. The van der Waals surface area contributed by atoms with E-state index < -0.39 is 0 Å². The minimum Gasteiger partial charge on any atom is -0.487 e. The number of anilines is 2. The van der Waals surface area contributed by atoms with Gasteiger partial charge in [-0.25, -0.2) is 9.97 Å². The van der Waals surface area contributed by atoms with Gasteiger partial charge in [-0.2, -0.15) is 0 Å². The number of nitrogens with zero attached hydrogens (tertiary/aromatic N) is 2. The summed E-state index contributed by atoms with van der Waals surface area (Å²) in [5.41, 5.74) is 4.39. The van der Waals surface area contributed by atoms with Crippen LogP contribution in [0.5, 0.6) is 11.5 Å². The third-order valence-corrected chi connectivity index (χ3v) is 6.60. The minimum atomic E-state index is -0.384. The van der Waals surface area contributed by atoms with Crippen LogP contribution in [0.4, 0.5) is 11.5 Å². The molecular formula is C34H37N3O5. The van der Waals surface area contributed by atoms with E-state index in [1.165, 1.54) is 11.9 Å². The summed E-state index contributed by atoms with van der Waals surface area (Å²) >= 11 is 0. The second kappa shape index (κ2) is 14.9. The number of nitrogens with one attached hydrogen (secondary N) is 1. The normalized spacial score (nSPS) is 11.6. The fraction of sp³-hybridized carbons (Fsp3) is 0.324. The maximum Gasteiger partial charge on any atom is 0.313 e. The Morgan fingerprint density at radius 1 is 0.929 bits per heavy atom. The first-order valence-electron chi connectivity index (χ1n) is 14.0. The molecule has 0 spiro atoms. The van der Waals surface area contributed by atoms with E-state index in [2.05, 4.69) is 47.2 Å². The number of rotatable bonds is 14. The largest absolute Gasteiger partial charge is 0.487 e. The molecule has 0 fully saturated rings. The Labute approximate surface area is 247 Å². The van der Waals surface area contributed by atoms with Gasteiger partial charge in [-0.15, -0.1) is 6.42 Å². The lowest BCUT2D eigenvalue weighted by Crippen LogP contribution is -2.17. The lowest BCUT2D eigenvalue weighted by atomic mass is 9.97. The fourth-order valence-electron chi connectivity index (χ4n) is 4.42. The van der Waals surface area contributed by atoms with E-state index >= 15 is 0 Å². The van der Waals surface area contributed by atoms with Gasteiger partial charge in [0, 0.05) is 29.8 Å². The van der Waals surface area contributed by atoms with Crippen LogP contribution in [0.15, 0.2) is 67.0 Å². The molecule has 0 saturated heterocycles. The molecule has 0 bridgehead atoms. The molecule has 3 aromatic carbocycles. The van der Waals surface area contributed by atoms with Crippen LogP contribution in [0.1, 0.15) is 43.4 Å². The Hall–Kier alpha value is -4.61. The van der Waals surface area contributed by atoms with Crippen LogP contribution in [-0.2, 0) is 20.7 Å². The summed E-state index contributed by atoms with van der Waals surface area (Å²) in [6.07, 6.45) is 8.04. The summed E-state index contributed by atoms with van der Waals surface area (Å²) in [4.78, 5) is 21.6. The van der Waals surface area contributed by atoms with Crippen LogP contribution in [0.3, 0.4) is 0 Å². The number of aromatic nitrogens is 2. The van der Waals surface area contributed by atoms with Crippen LogP contribution in [0, 0.1) is 18.3 Å². The Bertz CT molecular complexity index is 1530. The summed E-state index contributed by atoms with van der Waals surface area (Å²) in [5, 5.41) is 4.04. The van der Waals surface area contributed by atoms with Crippen LogP contribution in [0.25, 0.3) is 10.9 Å². The SMILES string of the molecule is C#Cc1cccc(Nc2ncnc3cc(OCCOC)c(OCCOC(=O)C(C)c4ccc(CC(C)C)cc4)cc23)c1. The monoisotopic (exact) mass is 567 g/mol. The van der Waals surface area contributed by atoms with Crippen molar-refractivity contribution in [2.24, 2.45) is 5.92 Å². The van der Waals surface area contributed by atoms with Crippen molar-refractivity contribution in [2.45, 2.75) is 33.1 Å². The Balaban J connectivity index is 1.45. The topological polar surface area (TPSA) is 91.8 Å². The molecule has 8 heteroatoms. The number of terminal acetylenes is 1. The lowest BCUT2D eigenvalue weighted by molar-refractivity contribution is -0.145. The number of fused-ring (bicyclic) bond motifs is 1. The van der Waals surface area contributed by atoms with Crippen LogP contribution in [0.2, 0.25) is 0 Å². The summed E-state index contributed by atoms with van der Waals surface area (Å²) in [6.45, 7) is 7.18. The predicted molar refractivity (Wildman–Crippen MR) is 164 cm³/mol. The van der Waals surface area contributed by atoms with Gasteiger partial charge < -0.3 is 24.3 Å². The predicted octanol–water partition coefficient (Wildman–Crippen LogP) is 6.30. The molecule has 4 rings (SSSR count). The number of hydrogen-bond donors (Lipinski definition) is 1. The number of methoxy groups -OCH3 is 1. The Morgan fingerprint density at radius 3 is 2.38 bits per heavy atom. The summed E-state index contributed by atoms with van der Waals surface area (Å²) in [7, 11) is 1.61. The van der Waals surface area contributed by atoms with E-state index in [4.69, 9.17) is 25.4 Å². The van der Waals surface area contributed by atoms with Gasteiger partial charge in [0.25, 0.3) is 0 Å². The third kappa shape index (κ3) is 8.21. The molecule has 1 aromatic heterocycles. The first-order valence-corrected chi connectivity index (χ1v) is 14.0. The first kappa shape index (κ1) is 30.4. The molecule has 0 aliphatic carbocycles. The number of carbonyl (C=O) groups excluding carboxylic acids is 1. The molecule has 1 heterocycles. The molecule has 1 atom stereocenters. The fourth-order valence-corrected chi connectivity index (χ4v) is 4.42. The quantitative estimate of drug-likeness (QED) is 0.108. The molecule has 0 radical (unpaired) electrons. The van der Waals surface area contributed by atoms with Crippen LogP contribution < -0.4 is 14.8 Å². The first-order chi connectivity index (χ1) is 20.4. The minimum absolute atomic E-state index is 0.0828. The van der Waals surface area contributed by atoms with Gasteiger partial charge in [0.1, 0.15) is 32.0 Å². The molecule has 0 aliphatic rings. The van der Waals surface area contributed by atoms with Crippen LogP contribution in [-0.4, -0.2) is 49.5 Å². The maximum atomic E-state index is 12.7. The van der Waals surface area contributed by atoms with Crippen molar-refractivity contribution in [3.8, 4) is 23.8 Å². The standard InChI is InChI=1S/C34H37N3O5/c1-6-25-8-7-9-28(19-25)37-33-29-20-31(32(40-15-14-39-5)21-30(29)35-22-36-33)41-16-17-42-34(38)24(4)27-12-10-26(11-13-27)18-23(2)3/h1,7-13,19-24H,14-18H2,2-5H3,(H,35,36,37). The lowest BCUT2D eigenvalue weighted by Gasteiger charge is -2.16. The third-order valence-electron chi connectivity index (χ3n) is 6.60. The average Bonchev–Trinajstić information content (AvgIpc) is 2.99. The van der Waals surface area contributed by atoms with Gasteiger partial charge in [0.15, 0.2) is 11.5 Å². The van der Waals surface area contributed by atoms with E-state index in [1.54, 1.807) is 13.2 Å². The van der Waals surface area contributed by atoms with Gasteiger partial charge in [0.05, 0.1) is 18.0 Å². The Morgan fingerprint density at radius 2 is 1.67 bits per heavy atom. The van der Waals surface area contributed by atoms with E-state index in [-0.39, 0.29) is 25.1 Å². The maximum absolute atomic E-state index is 12.7. The van der Waals surface area contributed by atoms with Crippen molar-refractivity contribution < 1.29 is 23.7 Å². The molecule has 8 nitrogen and oxygen atoms in total. The highest BCUT2D eigenvalue weighted by Crippen LogP contribution is 2.35. The van der Waals surface area contributed by atoms with Gasteiger partial charge in [-0.05, 0) is 54.7 Å². The van der Waals surface area contributed by atoms with E-state index in [1.807, 2.05) is 49.4 Å². The number of ether oxygens (including phenoxy) is 4. The van der Waals surface area contributed by atoms with Gasteiger partial charge in [0.2, 0.25) is 0 Å². The summed E-state index contributed by atoms with van der Waals surface area (Å²) in [6, 6.07) is 19.3. The van der Waals surface area contributed by atoms with E-state index in [0.717, 1.165) is 28.6 Å². The zero-order valence-corrected chi connectivity index (χ0v) is 24.6. The molecule has 218 valence electrons. The number of carbonyl (C=O) groups is 1. The van der Waals surface area contributed by atoms with Crippen molar-refractivity contribution in [3.63, 3.8) is 0 Å². The molecular weight excluding hydrogens is 530 g/mol. The van der Waals surface area contributed by atoms with Gasteiger partial charge in [-0.3, -0.25) is 4.79 Å². The number of benzene rings is 3. The Kier molecular flexibility index (Phi) is 10.7. The molecule has 1 unspecified atom stereocenters. The van der Waals surface area contributed by atoms with E-state index in [0.29, 0.717) is 42.0 Å². The zero-order valence-electron chi connectivity index (χ0n) is 24.6. The second-order valence-electron chi connectivity index (χ2n) is 10.3. The van der Waals surface area contributed by atoms with Crippen molar-refractivity contribution in [2.75, 3.05) is 38.9 Å². The molecule has 4 aromatic rings. The molecule has 42 heavy (non-hydrogen) atoms. The van der Waals surface area contributed by atoms with Crippen LogP contribution >= 0.6 is 0 Å². The van der Waals surface area contributed by atoms with Crippen molar-refractivity contribution in [1.82, 2.24) is 9.97 Å².